The number of halogens is 3. The molecule has 7 heteroatoms. The van der Waals surface area contributed by atoms with Crippen molar-refractivity contribution in [3.05, 3.63) is 29.8 Å². The van der Waals surface area contributed by atoms with Gasteiger partial charge >= 0.3 is 6.36 Å². The van der Waals surface area contributed by atoms with E-state index >= 15 is 0 Å². The third-order valence-corrected chi connectivity index (χ3v) is 2.32. The van der Waals surface area contributed by atoms with E-state index in [0.717, 1.165) is 12.1 Å². The van der Waals surface area contributed by atoms with Crippen molar-refractivity contribution in [3.8, 4) is 5.75 Å². The lowest BCUT2D eigenvalue weighted by Gasteiger charge is -2.09. The molecule has 0 spiro atoms. The third-order valence-electron chi connectivity index (χ3n) is 1.62. The molecule has 0 saturated carbocycles. The first-order valence-electron chi connectivity index (χ1n) is 4.08. The molecule has 0 aliphatic heterocycles. The van der Waals surface area contributed by atoms with Crippen molar-refractivity contribution in [2.75, 3.05) is 6.26 Å². The molecule has 0 aliphatic rings. The number of alkyl halides is 3. The fourth-order valence-corrected chi connectivity index (χ4v) is 1.47. The second-order valence-corrected chi connectivity index (χ2v) is 3.48. The van der Waals surface area contributed by atoms with E-state index in [1.54, 1.807) is 6.26 Å². The van der Waals surface area contributed by atoms with Crippen molar-refractivity contribution in [2.45, 2.75) is 6.36 Å². The van der Waals surface area contributed by atoms with Gasteiger partial charge in [0.25, 0.3) is 0 Å². The van der Waals surface area contributed by atoms with Crippen LogP contribution < -0.4 is 4.74 Å². The largest absolute Gasteiger partial charge is 0.573 e. The fourth-order valence-electron chi connectivity index (χ4n) is 1.02. The van der Waals surface area contributed by atoms with Gasteiger partial charge in [0.15, 0.2) is 0 Å². The number of hydrogen-bond donors (Lipinski definition) is 1. The van der Waals surface area contributed by atoms with Crippen molar-refractivity contribution in [3.63, 3.8) is 0 Å². The Hall–Kier alpha value is -1.37. The molecular formula is C9H8F3NO2S. The van der Waals surface area contributed by atoms with Crippen molar-refractivity contribution in [2.24, 2.45) is 5.16 Å². The molecule has 3 nitrogen and oxygen atoms in total. The maximum Gasteiger partial charge on any atom is 0.573 e. The second-order valence-electron chi connectivity index (χ2n) is 2.68. The molecule has 0 fully saturated rings. The van der Waals surface area contributed by atoms with Crippen molar-refractivity contribution < 1.29 is 23.1 Å². The number of oxime groups is 1. The zero-order valence-corrected chi connectivity index (χ0v) is 8.97. The number of ether oxygens (including phenoxy) is 1. The average molecular weight is 251 g/mol. The summed E-state index contributed by atoms with van der Waals surface area (Å²) in [6.07, 6.45) is -3.01. The van der Waals surface area contributed by atoms with Gasteiger partial charge < -0.3 is 9.94 Å². The van der Waals surface area contributed by atoms with Gasteiger partial charge in [-0.3, -0.25) is 0 Å². The smallest absolute Gasteiger partial charge is 0.410 e. The summed E-state index contributed by atoms with van der Waals surface area (Å²) >= 11 is 1.18. The minimum Gasteiger partial charge on any atom is -0.410 e. The molecule has 0 bridgehead atoms. The third kappa shape index (κ3) is 3.65. The lowest BCUT2D eigenvalue weighted by atomic mass is 10.2. The van der Waals surface area contributed by atoms with E-state index < -0.39 is 6.36 Å². The lowest BCUT2D eigenvalue weighted by Crippen LogP contribution is -2.17. The average Bonchev–Trinajstić information content (AvgIpc) is 2.20. The van der Waals surface area contributed by atoms with E-state index in [0.29, 0.717) is 10.6 Å². The zero-order valence-electron chi connectivity index (χ0n) is 8.15. The van der Waals surface area contributed by atoms with Crippen LogP contribution in [0.3, 0.4) is 0 Å². The topological polar surface area (TPSA) is 41.8 Å². The van der Waals surface area contributed by atoms with Crippen LogP contribution in [0.5, 0.6) is 5.75 Å². The molecule has 1 N–H and O–H groups in total. The lowest BCUT2D eigenvalue weighted by molar-refractivity contribution is -0.274. The molecule has 1 aromatic rings. The maximum atomic E-state index is 11.8. The molecule has 0 radical (unpaired) electrons. The summed E-state index contributed by atoms with van der Waals surface area (Å²) in [5.74, 6) is -0.311. The number of hydrogen-bond acceptors (Lipinski definition) is 4. The summed E-state index contributed by atoms with van der Waals surface area (Å²) < 4.78 is 39.2. The van der Waals surface area contributed by atoms with E-state index in [9.17, 15) is 13.2 Å². The van der Waals surface area contributed by atoms with Gasteiger partial charge in [0.2, 0.25) is 0 Å². The number of thioether (sulfide) groups is 1. The molecule has 88 valence electrons. The highest BCUT2D eigenvalue weighted by Gasteiger charge is 2.30. The minimum atomic E-state index is -4.70. The van der Waals surface area contributed by atoms with Crippen LogP contribution in [0.4, 0.5) is 13.2 Å². The Kier molecular flexibility index (Phi) is 4.05. The van der Waals surface area contributed by atoms with E-state index in [-0.39, 0.29) is 5.75 Å². The van der Waals surface area contributed by atoms with Gasteiger partial charge in [-0.25, -0.2) is 0 Å². The summed E-state index contributed by atoms with van der Waals surface area (Å²) in [7, 11) is 0. The predicted molar refractivity (Wildman–Crippen MR) is 55.0 cm³/mol. The van der Waals surface area contributed by atoms with E-state index in [4.69, 9.17) is 5.21 Å². The van der Waals surface area contributed by atoms with Crippen LogP contribution in [0.2, 0.25) is 0 Å². The van der Waals surface area contributed by atoms with Crippen LogP contribution >= 0.6 is 11.8 Å². The molecule has 16 heavy (non-hydrogen) atoms. The molecule has 0 aromatic heterocycles. The Morgan fingerprint density at radius 2 is 1.88 bits per heavy atom. The summed E-state index contributed by atoms with van der Waals surface area (Å²) in [6, 6.07) is 5.08. The summed E-state index contributed by atoms with van der Waals surface area (Å²) in [6.45, 7) is 0. The monoisotopic (exact) mass is 251 g/mol. The first kappa shape index (κ1) is 12.7. The van der Waals surface area contributed by atoms with E-state index in [1.165, 1.54) is 23.9 Å². The molecular weight excluding hydrogens is 243 g/mol. The van der Waals surface area contributed by atoms with Crippen LogP contribution in [0.25, 0.3) is 0 Å². The Bertz CT molecular complexity index is 375. The van der Waals surface area contributed by atoms with Gasteiger partial charge in [-0.1, -0.05) is 5.16 Å². The van der Waals surface area contributed by atoms with Crippen LogP contribution in [-0.4, -0.2) is 22.9 Å². The molecule has 0 aliphatic carbocycles. The number of nitrogens with zero attached hydrogens (tertiary/aromatic N) is 1. The highest BCUT2D eigenvalue weighted by atomic mass is 32.2. The molecule has 1 aromatic carbocycles. The summed E-state index contributed by atoms with van der Waals surface area (Å²) in [5, 5.41) is 11.9. The van der Waals surface area contributed by atoms with Gasteiger partial charge in [0.1, 0.15) is 10.8 Å². The van der Waals surface area contributed by atoms with Crippen molar-refractivity contribution in [1.29, 1.82) is 0 Å². The Balaban J connectivity index is 2.83. The van der Waals surface area contributed by atoms with E-state index in [2.05, 4.69) is 9.89 Å². The number of rotatable bonds is 2. The minimum absolute atomic E-state index is 0.311. The molecule has 0 atom stereocenters. The first-order chi connectivity index (χ1) is 7.46. The van der Waals surface area contributed by atoms with Gasteiger partial charge in [0, 0.05) is 5.56 Å². The highest BCUT2D eigenvalue weighted by molar-refractivity contribution is 8.13. The van der Waals surface area contributed by atoms with Crippen LogP contribution in [-0.2, 0) is 0 Å². The zero-order chi connectivity index (χ0) is 12.2. The van der Waals surface area contributed by atoms with Crippen LogP contribution in [0.15, 0.2) is 29.4 Å². The predicted octanol–water partition coefficient (Wildman–Crippen LogP) is 3.08. The van der Waals surface area contributed by atoms with Gasteiger partial charge in [-0.15, -0.1) is 24.9 Å². The molecule has 0 heterocycles. The molecule has 1 rings (SSSR count). The Morgan fingerprint density at radius 1 is 1.31 bits per heavy atom. The highest BCUT2D eigenvalue weighted by Crippen LogP contribution is 2.23. The standard InChI is InChI=1S/C9H8F3NO2S/c1-16-8(13-14)6-2-4-7(5-3-6)15-9(10,11)12/h2-5,14H,1H3. The van der Waals surface area contributed by atoms with Crippen LogP contribution in [0, 0.1) is 0 Å². The van der Waals surface area contributed by atoms with Gasteiger partial charge in [-0.2, -0.15) is 0 Å². The summed E-state index contributed by atoms with van der Waals surface area (Å²) in [4.78, 5) is 0. The fraction of sp³-hybridized carbons (Fsp3) is 0.222. The van der Waals surface area contributed by atoms with Crippen molar-refractivity contribution >= 4 is 16.8 Å². The first-order valence-corrected chi connectivity index (χ1v) is 5.31. The molecule has 0 amide bonds. The molecule has 0 unspecified atom stereocenters. The number of benzene rings is 1. The SMILES string of the molecule is CSC(=NO)c1ccc(OC(F)(F)F)cc1. The Labute approximate surface area is 93.9 Å². The maximum absolute atomic E-state index is 11.8. The normalized spacial score (nSPS) is 12.6. The Morgan fingerprint density at radius 3 is 2.25 bits per heavy atom. The van der Waals surface area contributed by atoms with E-state index in [1.807, 2.05) is 0 Å². The van der Waals surface area contributed by atoms with Gasteiger partial charge in [-0.05, 0) is 30.5 Å². The quantitative estimate of drug-likeness (QED) is 0.380. The molecule has 0 saturated heterocycles. The second kappa shape index (κ2) is 5.11. The van der Waals surface area contributed by atoms with Crippen molar-refractivity contribution in [1.82, 2.24) is 0 Å². The van der Waals surface area contributed by atoms with Crippen LogP contribution in [0.1, 0.15) is 5.56 Å². The summed E-state index contributed by atoms with van der Waals surface area (Å²) in [5.41, 5.74) is 0.518. The van der Waals surface area contributed by atoms with Gasteiger partial charge in [0.05, 0.1) is 0 Å².